The van der Waals surface area contributed by atoms with Crippen LogP contribution in [0.5, 0.6) is 11.5 Å². The van der Waals surface area contributed by atoms with E-state index in [1.165, 1.54) is 4.68 Å². The fraction of sp³-hybridized carbons (Fsp3) is 0.115. The van der Waals surface area contributed by atoms with Crippen LogP contribution in [0, 0.1) is 22.7 Å². The maximum Gasteiger partial charge on any atom is 0.275 e. The van der Waals surface area contributed by atoms with Crippen molar-refractivity contribution in [2.45, 2.75) is 25.9 Å². The lowest BCUT2D eigenvalue weighted by Crippen LogP contribution is -2.28. The minimum Gasteiger partial charge on any atom is -0.497 e. The second-order valence-electron chi connectivity index (χ2n) is 14.4. The summed E-state index contributed by atoms with van der Waals surface area (Å²) in [4.78, 5) is 27.4. The number of hydrogen-bond donors (Lipinski definition) is 0. The van der Waals surface area contributed by atoms with Crippen molar-refractivity contribution in [1.82, 2.24) is 19.6 Å². The highest BCUT2D eigenvalue weighted by molar-refractivity contribution is 5.84. The van der Waals surface area contributed by atoms with Crippen LogP contribution >= 0.6 is 0 Å². The van der Waals surface area contributed by atoms with Crippen LogP contribution < -0.4 is 20.6 Å². The van der Waals surface area contributed by atoms with Crippen LogP contribution in [-0.4, -0.2) is 33.8 Å². The third kappa shape index (κ3) is 8.96. The molecule has 2 unspecified atom stereocenters. The van der Waals surface area contributed by atoms with Crippen LogP contribution in [0.1, 0.15) is 48.2 Å². The predicted molar refractivity (Wildman–Crippen MR) is 242 cm³/mol. The first-order chi connectivity index (χ1) is 30.2. The van der Waals surface area contributed by atoms with Crippen LogP contribution in [0.2, 0.25) is 0 Å². The molecule has 0 fully saturated rings. The first kappa shape index (κ1) is 41.8. The van der Waals surface area contributed by atoms with Gasteiger partial charge in [0, 0.05) is 11.1 Å². The molecule has 0 aliphatic rings. The van der Waals surface area contributed by atoms with Crippen molar-refractivity contribution in [3.05, 3.63) is 213 Å². The molecule has 0 radical (unpaired) electrons. The fourth-order valence-corrected chi connectivity index (χ4v) is 7.26. The van der Waals surface area contributed by atoms with Crippen LogP contribution in [0.3, 0.4) is 0 Å². The van der Waals surface area contributed by atoms with Crippen LogP contribution in [0.4, 0.5) is 0 Å². The van der Waals surface area contributed by atoms with Crippen LogP contribution in [-0.2, 0) is 0 Å². The quantitative estimate of drug-likeness (QED) is 0.133. The summed E-state index contributed by atoms with van der Waals surface area (Å²) < 4.78 is 13.6. The standard InChI is InChI=1S/C26H18N4O.C26H24N2O3/c1-18(21-9-3-2-4-10-21)30-26(31)25(23-12-6-8-20(14-23)16-28)24(17-29-30)22-11-5-7-19(13-22)15-27;1-18(19-7-5-4-6-8-19)28-26(29)25(21-11-15-23(31-3)16-12-21)24(17-27-28)20-9-13-22(30-2)14-10-20/h2-14,17-18H,1H3;4-18H,1-3H3. The minimum absolute atomic E-state index is 0.144. The molecule has 10 nitrogen and oxygen atoms in total. The van der Waals surface area contributed by atoms with E-state index in [-0.39, 0.29) is 23.2 Å². The first-order valence-corrected chi connectivity index (χ1v) is 19.9. The van der Waals surface area contributed by atoms with Gasteiger partial charge in [-0.05, 0) is 95.8 Å². The van der Waals surface area contributed by atoms with Crippen molar-refractivity contribution >= 4 is 0 Å². The van der Waals surface area contributed by atoms with E-state index in [9.17, 15) is 20.1 Å². The Morgan fingerprint density at radius 3 is 1.34 bits per heavy atom. The second-order valence-corrected chi connectivity index (χ2v) is 14.4. The summed E-state index contributed by atoms with van der Waals surface area (Å²) in [6, 6.07) is 52.6. The van der Waals surface area contributed by atoms with Gasteiger partial charge in [-0.15, -0.1) is 0 Å². The van der Waals surface area contributed by atoms with Gasteiger partial charge in [0.1, 0.15) is 11.5 Å². The summed E-state index contributed by atoms with van der Waals surface area (Å²) in [5, 5.41) is 27.6. The summed E-state index contributed by atoms with van der Waals surface area (Å²) in [5.41, 5.74) is 8.06. The van der Waals surface area contributed by atoms with E-state index in [0.717, 1.165) is 44.9 Å². The third-order valence-corrected chi connectivity index (χ3v) is 10.7. The number of rotatable bonds is 10. The molecule has 0 aliphatic heterocycles. The molecule has 0 bridgehead atoms. The van der Waals surface area contributed by atoms with Gasteiger partial charge < -0.3 is 9.47 Å². The Hall–Kier alpha value is -8.34. The number of hydrogen-bond acceptors (Lipinski definition) is 8. The molecule has 0 N–H and O–H groups in total. The van der Waals surface area contributed by atoms with E-state index in [0.29, 0.717) is 33.4 Å². The predicted octanol–water partition coefficient (Wildman–Crippen LogP) is 10.1. The molecule has 62 heavy (non-hydrogen) atoms. The number of benzene rings is 6. The van der Waals surface area contributed by atoms with Gasteiger partial charge in [-0.25, -0.2) is 9.36 Å². The van der Waals surface area contributed by atoms with Crippen molar-refractivity contribution in [1.29, 1.82) is 10.5 Å². The molecule has 0 saturated heterocycles. The lowest BCUT2D eigenvalue weighted by atomic mass is 9.95. The van der Waals surface area contributed by atoms with Crippen LogP contribution in [0.15, 0.2) is 180 Å². The Morgan fingerprint density at radius 1 is 0.484 bits per heavy atom. The Morgan fingerprint density at radius 2 is 0.887 bits per heavy atom. The zero-order valence-electron chi connectivity index (χ0n) is 34.6. The number of aromatic nitrogens is 4. The topological polar surface area (TPSA) is 136 Å². The highest BCUT2D eigenvalue weighted by Gasteiger charge is 2.21. The van der Waals surface area contributed by atoms with E-state index in [4.69, 9.17) is 9.47 Å². The Balaban J connectivity index is 0.000000186. The molecule has 10 heteroatoms. The maximum absolute atomic E-state index is 13.7. The average Bonchev–Trinajstić information content (AvgIpc) is 3.34. The SMILES string of the molecule is CC(c1ccccc1)n1ncc(-c2cccc(C#N)c2)c(-c2cccc(C#N)c2)c1=O.COc1ccc(-c2cnn(C(C)c3ccccc3)c(=O)c2-c2ccc(OC)cc2)cc1. The molecule has 6 aromatic carbocycles. The molecule has 0 aliphatic carbocycles. The summed E-state index contributed by atoms with van der Waals surface area (Å²) in [7, 11) is 3.25. The number of methoxy groups -OCH3 is 2. The van der Waals surface area contributed by atoms with Gasteiger partial charge >= 0.3 is 0 Å². The van der Waals surface area contributed by atoms with Crippen molar-refractivity contribution in [2.75, 3.05) is 14.2 Å². The van der Waals surface area contributed by atoms with Gasteiger partial charge in [-0.2, -0.15) is 20.7 Å². The summed E-state index contributed by atoms with van der Waals surface area (Å²) >= 11 is 0. The Labute approximate surface area is 359 Å². The zero-order valence-corrected chi connectivity index (χ0v) is 34.6. The number of nitrogens with zero attached hydrogens (tertiary/aromatic N) is 6. The van der Waals surface area contributed by atoms with E-state index in [2.05, 4.69) is 22.3 Å². The smallest absolute Gasteiger partial charge is 0.275 e. The van der Waals surface area contributed by atoms with Gasteiger partial charge in [0.25, 0.3) is 11.1 Å². The third-order valence-electron chi connectivity index (χ3n) is 10.7. The molecule has 0 spiro atoms. The molecule has 8 rings (SSSR count). The normalized spacial score (nSPS) is 11.5. The van der Waals surface area contributed by atoms with E-state index >= 15 is 0 Å². The van der Waals surface area contributed by atoms with Gasteiger partial charge in [0.15, 0.2) is 0 Å². The zero-order chi connectivity index (χ0) is 43.6. The van der Waals surface area contributed by atoms with Crippen molar-refractivity contribution in [2.24, 2.45) is 0 Å². The highest BCUT2D eigenvalue weighted by Crippen LogP contribution is 2.33. The molecule has 2 atom stereocenters. The summed E-state index contributed by atoms with van der Waals surface area (Å²) in [5.74, 6) is 1.50. The van der Waals surface area contributed by atoms with Crippen molar-refractivity contribution in [3.8, 4) is 68.1 Å². The largest absolute Gasteiger partial charge is 0.497 e. The van der Waals surface area contributed by atoms with Crippen LogP contribution in [0.25, 0.3) is 44.5 Å². The van der Waals surface area contributed by atoms with Crippen molar-refractivity contribution in [3.63, 3.8) is 0 Å². The van der Waals surface area contributed by atoms with E-state index in [1.807, 2.05) is 135 Å². The maximum atomic E-state index is 13.7. The molecular formula is C52H42N6O4. The van der Waals surface area contributed by atoms with Gasteiger partial charge in [-0.1, -0.05) is 109 Å². The Bertz CT molecular complexity index is 3020. The molecule has 2 heterocycles. The van der Waals surface area contributed by atoms with Gasteiger partial charge in [0.2, 0.25) is 0 Å². The van der Waals surface area contributed by atoms with Gasteiger partial charge in [0.05, 0.1) is 73.1 Å². The molecule has 304 valence electrons. The number of ether oxygens (including phenoxy) is 2. The lowest BCUT2D eigenvalue weighted by molar-refractivity contribution is 0.414. The van der Waals surface area contributed by atoms with E-state index < -0.39 is 0 Å². The van der Waals surface area contributed by atoms with Crippen molar-refractivity contribution < 1.29 is 9.47 Å². The van der Waals surface area contributed by atoms with E-state index in [1.54, 1.807) is 67.7 Å². The fourth-order valence-electron chi connectivity index (χ4n) is 7.26. The molecule has 2 aromatic heterocycles. The monoisotopic (exact) mass is 814 g/mol. The Kier molecular flexibility index (Phi) is 12.9. The molecule has 0 amide bonds. The molecule has 8 aromatic rings. The minimum atomic E-state index is -0.272. The number of nitriles is 2. The summed E-state index contributed by atoms with van der Waals surface area (Å²) in [6.45, 7) is 3.91. The first-order valence-electron chi connectivity index (χ1n) is 19.9. The summed E-state index contributed by atoms with van der Waals surface area (Å²) in [6.07, 6.45) is 3.42. The lowest BCUT2D eigenvalue weighted by Gasteiger charge is -2.18. The molecular weight excluding hydrogens is 773 g/mol. The highest BCUT2D eigenvalue weighted by atomic mass is 16.5. The second kappa shape index (κ2) is 19.2. The average molecular weight is 815 g/mol. The molecule has 0 saturated carbocycles. The van der Waals surface area contributed by atoms with Gasteiger partial charge in [-0.3, -0.25) is 9.59 Å².